The number of aryl methyl sites for hydroxylation is 3. The van der Waals surface area contributed by atoms with Gasteiger partial charge in [-0.2, -0.15) is 0 Å². The van der Waals surface area contributed by atoms with Crippen LogP contribution in [-0.2, 0) is 14.8 Å². The van der Waals surface area contributed by atoms with Crippen molar-refractivity contribution in [1.82, 2.24) is 5.32 Å². The third-order valence-electron chi connectivity index (χ3n) is 6.03. The highest BCUT2D eigenvalue weighted by molar-refractivity contribution is 7.92. The minimum absolute atomic E-state index is 0.139. The van der Waals surface area contributed by atoms with Gasteiger partial charge in [0, 0.05) is 0 Å². The molecule has 0 aliphatic rings. The quantitative estimate of drug-likeness (QED) is 0.338. The fraction of sp³-hybridized carbons (Fsp3) is 0.167. The molecule has 1 amide bonds. The molecule has 0 fully saturated rings. The van der Waals surface area contributed by atoms with Gasteiger partial charge in [-0.05, 0) is 61.7 Å². The average Bonchev–Trinajstić information content (AvgIpc) is 2.87. The Labute approximate surface area is 213 Å². The molecular formula is C30H30N2O3S. The fourth-order valence-corrected chi connectivity index (χ4v) is 5.45. The Morgan fingerprint density at radius 1 is 0.722 bits per heavy atom. The summed E-state index contributed by atoms with van der Waals surface area (Å²) in [6.07, 6.45) is 0. The van der Waals surface area contributed by atoms with E-state index in [1.165, 1.54) is 4.31 Å². The summed E-state index contributed by atoms with van der Waals surface area (Å²) in [5.74, 6) is -0.401. The minimum atomic E-state index is -3.98. The second-order valence-corrected chi connectivity index (χ2v) is 10.8. The normalized spacial score (nSPS) is 12.1. The van der Waals surface area contributed by atoms with Crippen molar-refractivity contribution in [3.63, 3.8) is 0 Å². The molecule has 0 bridgehead atoms. The lowest BCUT2D eigenvalue weighted by molar-refractivity contribution is -0.120. The molecule has 0 saturated heterocycles. The van der Waals surface area contributed by atoms with Gasteiger partial charge in [0.1, 0.15) is 6.54 Å². The summed E-state index contributed by atoms with van der Waals surface area (Å²) in [6.45, 7) is 5.45. The number of benzene rings is 4. The third-order valence-corrected chi connectivity index (χ3v) is 7.82. The lowest BCUT2D eigenvalue weighted by atomic mass is 9.98. The first-order valence-corrected chi connectivity index (χ1v) is 13.2. The van der Waals surface area contributed by atoms with Gasteiger partial charge in [-0.25, -0.2) is 8.42 Å². The van der Waals surface area contributed by atoms with Gasteiger partial charge in [-0.15, -0.1) is 0 Å². The van der Waals surface area contributed by atoms with Crippen LogP contribution in [0.2, 0.25) is 0 Å². The second-order valence-electron chi connectivity index (χ2n) is 8.99. The van der Waals surface area contributed by atoms with Gasteiger partial charge in [0.15, 0.2) is 0 Å². The molecule has 0 saturated carbocycles. The lowest BCUT2D eigenvalue weighted by Crippen LogP contribution is -2.42. The van der Waals surface area contributed by atoms with Crippen molar-refractivity contribution in [2.75, 3.05) is 10.8 Å². The van der Waals surface area contributed by atoms with Crippen molar-refractivity contribution < 1.29 is 13.2 Å². The van der Waals surface area contributed by atoms with E-state index in [2.05, 4.69) is 5.32 Å². The molecule has 36 heavy (non-hydrogen) atoms. The van der Waals surface area contributed by atoms with E-state index in [0.717, 1.165) is 27.8 Å². The summed E-state index contributed by atoms with van der Waals surface area (Å²) in [5.41, 5.74) is 5.25. The largest absolute Gasteiger partial charge is 0.344 e. The number of sulfonamides is 1. The van der Waals surface area contributed by atoms with Crippen LogP contribution >= 0.6 is 0 Å². The van der Waals surface area contributed by atoms with Gasteiger partial charge < -0.3 is 5.32 Å². The third kappa shape index (κ3) is 5.83. The van der Waals surface area contributed by atoms with Crippen molar-refractivity contribution in [1.29, 1.82) is 0 Å². The van der Waals surface area contributed by atoms with E-state index in [-0.39, 0.29) is 11.4 Å². The number of hydrogen-bond donors (Lipinski definition) is 1. The zero-order valence-corrected chi connectivity index (χ0v) is 21.5. The zero-order valence-electron chi connectivity index (χ0n) is 20.7. The summed E-state index contributed by atoms with van der Waals surface area (Å²) >= 11 is 0. The van der Waals surface area contributed by atoms with Crippen LogP contribution in [-0.4, -0.2) is 20.9 Å². The number of nitrogens with one attached hydrogen (secondary N) is 1. The van der Waals surface area contributed by atoms with E-state index in [9.17, 15) is 13.2 Å². The van der Waals surface area contributed by atoms with Crippen molar-refractivity contribution >= 4 is 21.6 Å². The van der Waals surface area contributed by atoms with Gasteiger partial charge in [-0.1, -0.05) is 90.0 Å². The predicted octanol–water partition coefficient (Wildman–Crippen LogP) is 5.71. The van der Waals surface area contributed by atoms with Crippen LogP contribution in [0.4, 0.5) is 5.69 Å². The molecule has 4 aromatic carbocycles. The highest BCUT2D eigenvalue weighted by Crippen LogP contribution is 2.26. The predicted molar refractivity (Wildman–Crippen MR) is 144 cm³/mol. The molecule has 184 valence electrons. The molecule has 6 heteroatoms. The lowest BCUT2D eigenvalue weighted by Gasteiger charge is -2.26. The maximum atomic E-state index is 13.7. The Morgan fingerprint density at radius 3 is 1.92 bits per heavy atom. The average molecular weight is 499 g/mol. The number of carbonyl (C=O) groups excluding carboxylic acids is 1. The Hall–Kier alpha value is -3.90. The number of rotatable bonds is 8. The van der Waals surface area contributed by atoms with Crippen LogP contribution in [0.5, 0.6) is 0 Å². The van der Waals surface area contributed by atoms with Crippen LogP contribution in [0.25, 0.3) is 0 Å². The number of anilines is 1. The van der Waals surface area contributed by atoms with Crippen molar-refractivity contribution in [2.45, 2.75) is 31.7 Å². The van der Waals surface area contributed by atoms with E-state index in [1.54, 1.807) is 42.5 Å². The summed E-state index contributed by atoms with van der Waals surface area (Å²) in [6, 6.07) is 31.0. The molecule has 1 unspecified atom stereocenters. The van der Waals surface area contributed by atoms with Crippen LogP contribution in [0.1, 0.15) is 33.9 Å². The molecular weight excluding hydrogens is 468 g/mol. The van der Waals surface area contributed by atoms with Crippen LogP contribution in [0, 0.1) is 20.8 Å². The Kier molecular flexibility index (Phi) is 7.55. The van der Waals surface area contributed by atoms with Crippen molar-refractivity contribution in [3.05, 3.63) is 131 Å². The molecule has 0 aliphatic carbocycles. The van der Waals surface area contributed by atoms with Gasteiger partial charge in [0.05, 0.1) is 16.6 Å². The highest BCUT2D eigenvalue weighted by atomic mass is 32.2. The number of carbonyl (C=O) groups is 1. The monoisotopic (exact) mass is 498 g/mol. The van der Waals surface area contributed by atoms with Gasteiger partial charge in [-0.3, -0.25) is 9.10 Å². The molecule has 4 rings (SSSR count). The standard InChI is InChI=1S/C30H30N2O3S/c1-22-12-16-26(17-13-22)30(25-9-5-4-6-10-25)31-29(33)21-32(27-11-7-8-24(3)20-27)36(34,35)28-18-14-23(2)15-19-28/h4-20,30H,21H2,1-3H3,(H,31,33). The smallest absolute Gasteiger partial charge is 0.264 e. The number of nitrogens with zero attached hydrogens (tertiary/aromatic N) is 1. The second kappa shape index (κ2) is 10.8. The Balaban J connectivity index is 1.68. The van der Waals surface area contributed by atoms with E-state index < -0.39 is 22.0 Å². The Bertz CT molecular complexity index is 1430. The first kappa shape index (κ1) is 25.2. The minimum Gasteiger partial charge on any atom is -0.344 e. The molecule has 0 aliphatic heterocycles. The van der Waals surface area contributed by atoms with E-state index >= 15 is 0 Å². The molecule has 0 radical (unpaired) electrons. The molecule has 1 atom stereocenters. The van der Waals surface area contributed by atoms with E-state index in [1.807, 2.05) is 81.4 Å². The summed E-state index contributed by atoms with van der Waals surface area (Å²) in [7, 11) is -3.98. The van der Waals surface area contributed by atoms with Crippen LogP contribution < -0.4 is 9.62 Å². The fourth-order valence-electron chi connectivity index (χ4n) is 4.04. The highest BCUT2D eigenvalue weighted by Gasteiger charge is 2.28. The van der Waals surface area contributed by atoms with Crippen LogP contribution in [0.3, 0.4) is 0 Å². The van der Waals surface area contributed by atoms with E-state index in [4.69, 9.17) is 0 Å². The first-order chi connectivity index (χ1) is 17.2. The Morgan fingerprint density at radius 2 is 1.31 bits per heavy atom. The molecule has 0 spiro atoms. The van der Waals surface area contributed by atoms with Crippen molar-refractivity contribution in [3.8, 4) is 0 Å². The SMILES string of the molecule is Cc1ccc(C(NC(=O)CN(c2cccc(C)c2)S(=O)(=O)c2ccc(C)cc2)c2ccccc2)cc1. The van der Waals surface area contributed by atoms with Gasteiger partial charge in [0.25, 0.3) is 10.0 Å². The number of amides is 1. The number of hydrogen-bond acceptors (Lipinski definition) is 3. The van der Waals surface area contributed by atoms with Crippen LogP contribution in [0.15, 0.2) is 108 Å². The van der Waals surface area contributed by atoms with Crippen molar-refractivity contribution in [2.24, 2.45) is 0 Å². The molecule has 0 aromatic heterocycles. The topological polar surface area (TPSA) is 66.5 Å². The maximum absolute atomic E-state index is 13.7. The molecule has 4 aromatic rings. The molecule has 1 N–H and O–H groups in total. The van der Waals surface area contributed by atoms with Gasteiger partial charge >= 0.3 is 0 Å². The van der Waals surface area contributed by atoms with E-state index in [0.29, 0.717) is 5.69 Å². The summed E-state index contributed by atoms with van der Waals surface area (Å²) in [5, 5.41) is 3.07. The zero-order chi connectivity index (χ0) is 25.7. The first-order valence-electron chi connectivity index (χ1n) is 11.8. The summed E-state index contributed by atoms with van der Waals surface area (Å²) in [4.78, 5) is 13.6. The molecule has 0 heterocycles. The van der Waals surface area contributed by atoms with Gasteiger partial charge in [0.2, 0.25) is 5.91 Å². The maximum Gasteiger partial charge on any atom is 0.264 e. The summed E-state index contributed by atoms with van der Waals surface area (Å²) < 4.78 is 28.6. The molecule has 5 nitrogen and oxygen atoms in total.